The third-order valence-corrected chi connectivity index (χ3v) is 2.66. The van der Waals surface area contributed by atoms with E-state index >= 15 is 0 Å². The second-order valence-electron chi connectivity index (χ2n) is 3.67. The lowest BCUT2D eigenvalue weighted by Gasteiger charge is -2.14. The first-order valence-electron chi connectivity index (χ1n) is 4.85. The van der Waals surface area contributed by atoms with Gasteiger partial charge in [0, 0.05) is 31.8 Å². The minimum absolute atomic E-state index is 0.0333. The zero-order valence-corrected chi connectivity index (χ0v) is 7.94. The van der Waals surface area contributed by atoms with Crippen LogP contribution < -0.4 is 0 Å². The molecule has 0 saturated carbocycles. The molecule has 0 aliphatic carbocycles. The zero-order chi connectivity index (χ0) is 9.97. The Hall–Kier alpha value is -1.29. The van der Waals surface area contributed by atoms with Crippen molar-refractivity contribution in [2.75, 3.05) is 19.7 Å². The number of hydrogen-bond donors (Lipinski definition) is 2. The van der Waals surface area contributed by atoms with E-state index in [2.05, 4.69) is 4.98 Å². The number of carbonyl (C=O) groups is 1. The average molecular weight is 194 g/mol. The molecule has 2 N–H and O–H groups in total. The molecule has 1 saturated heterocycles. The van der Waals surface area contributed by atoms with Crippen LogP contribution in [0.2, 0.25) is 0 Å². The number of H-pyrrole nitrogens is 1. The molecule has 0 spiro atoms. The molecular weight excluding hydrogens is 180 g/mol. The third-order valence-electron chi connectivity index (χ3n) is 2.66. The quantitative estimate of drug-likeness (QED) is 0.719. The number of aromatic amines is 1. The summed E-state index contributed by atoms with van der Waals surface area (Å²) in [5.74, 6) is 0.292. The van der Waals surface area contributed by atoms with Gasteiger partial charge in [-0.25, -0.2) is 0 Å². The monoisotopic (exact) mass is 194 g/mol. The maximum atomic E-state index is 11.8. The van der Waals surface area contributed by atoms with E-state index in [1.54, 1.807) is 17.2 Å². The fourth-order valence-corrected chi connectivity index (χ4v) is 1.80. The van der Waals surface area contributed by atoms with Crippen molar-refractivity contribution in [1.29, 1.82) is 0 Å². The summed E-state index contributed by atoms with van der Waals surface area (Å²) in [4.78, 5) is 16.5. The number of carbonyl (C=O) groups excluding carboxylic acids is 1. The van der Waals surface area contributed by atoms with Crippen LogP contribution in [0.1, 0.15) is 16.9 Å². The van der Waals surface area contributed by atoms with Crippen molar-refractivity contribution < 1.29 is 9.90 Å². The van der Waals surface area contributed by atoms with Crippen molar-refractivity contribution >= 4 is 5.91 Å². The largest absolute Gasteiger partial charge is 0.396 e. The summed E-state index contributed by atoms with van der Waals surface area (Å²) in [5, 5.41) is 8.95. The van der Waals surface area contributed by atoms with Crippen molar-refractivity contribution in [3.63, 3.8) is 0 Å². The summed E-state index contributed by atoms with van der Waals surface area (Å²) < 4.78 is 0. The Bertz CT molecular complexity index is 308. The molecule has 0 aromatic carbocycles. The second kappa shape index (κ2) is 3.84. The van der Waals surface area contributed by atoms with Crippen LogP contribution in [0, 0.1) is 5.92 Å². The van der Waals surface area contributed by atoms with E-state index in [-0.39, 0.29) is 18.4 Å². The first-order valence-corrected chi connectivity index (χ1v) is 4.85. The summed E-state index contributed by atoms with van der Waals surface area (Å²) in [7, 11) is 0. The summed E-state index contributed by atoms with van der Waals surface area (Å²) in [6.45, 7) is 1.60. The number of aliphatic hydroxyl groups is 1. The van der Waals surface area contributed by atoms with E-state index in [0.29, 0.717) is 12.2 Å². The smallest absolute Gasteiger partial charge is 0.270 e. The Kier molecular flexibility index (Phi) is 2.54. The normalized spacial score (nSPS) is 21.5. The van der Waals surface area contributed by atoms with Gasteiger partial charge < -0.3 is 15.0 Å². The van der Waals surface area contributed by atoms with E-state index < -0.39 is 0 Å². The standard InChI is InChI=1S/C10H14N2O2/c13-7-8-3-5-12(6-8)10(14)9-2-1-4-11-9/h1-2,4,8,11,13H,3,5-7H2. The van der Waals surface area contributed by atoms with E-state index in [1.807, 2.05) is 6.07 Å². The minimum Gasteiger partial charge on any atom is -0.396 e. The van der Waals surface area contributed by atoms with Gasteiger partial charge in [-0.15, -0.1) is 0 Å². The number of nitrogens with zero attached hydrogens (tertiary/aromatic N) is 1. The van der Waals surface area contributed by atoms with Gasteiger partial charge in [0.1, 0.15) is 5.69 Å². The summed E-state index contributed by atoms with van der Waals surface area (Å²) >= 11 is 0. The van der Waals surface area contributed by atoms with Crippen LogP contribution in [0.3, 0.4) is 0 Å². The number of likely N-dealkylation sites (tertiary alicyclic amines) is 1. The van der Waals surface area contributed by atoms with Crippen molar-refractivity contribution in [3.8, 4) is 0 Å². The predicted molar refractivity (Wildman–Crippen MR) is 51.9 cm³/mol. The summed E-state index contributed by atoms with van der Waals surface area (Å²) in [6.07, 6.45) is 2.65. The molecule has 0 radical (unpaired) electrons. The van der Waals surface area contributed by atoms with Gasteiger partial charge in [-0.2, -0.15) is 0 Å². The predicted octanol–water partition coefficient (Wildman–Crippen LogP) is 0.469. The molecule has 1 atom stereocenters. The lowest BCUT2D eigenvalue weighted by molar-refractivity contribution is 0.0777. The Labute approximate surface area is 82.5 Å². The fourth-order valence-electron chi connectivity index (χ4n) is 1.80. The molecule has 1 unspecified atom stereocenters. The molecule has 4 nitrogen and oxygen atoms in total. The molecule has 1 fully saturated rings. The number of amides is 1. The van der Waals surface area contributed by atoms with Crippen LogP contribution in [0.15, 0.2) is 18.3 Å². The molecule has 1 amide bonds. The number of aliphatic hydroxyl groups excluding tert-OH is 1. The molecule has 14 heavy (non-hydrogen) atoms. The number of nitrogens with one attached hydrogen (secondary N) is 1. The summed E-state index contributed by atoms with van der Waals surface area (Å²) in [6, 6.07) is 3.58. The lowest BCUT2D eigenvalue weighted by Crippen LogP contribution is -2.29. The fraction of sp³-hybridized carbons (Fsp3) is 0.500. The van der Waals surface area contributed by atoms with Crippen LogP contribution in [-0.2, 0) is 0 Å². The SMILES string of the molecule is O=C(c1ccc[nH]1)N1CCC(CO)C1. The highest BCUT2D eigenvalue weighted by atomic mass is 16.3. The van der Waals surface area contributed by atoms with Crippen molar-refractivity contribution in [2.24, 2.45) is 5.92 Å². The van der Waals surface area contributed by atoms with Gasteiger partial charge in [0.25, 0.3) is 5.91 Å². The van der Waals surface area contributed by atoms with Gasteiger partial charge in [0.2, 0.25) is 0 Å². The second-order valence-corrected chi connectivity index (χ2v) is 3.67. The van der Waals surface area contributed by atoms with Crippen molar-refractivity contribution in [1.82, 2.24) is 9.88 Å². The molecule has 76 valence electrons. The molecule has 1 aromatic heterocycles. The van der Waals surface area contributed by atoms with E-state index in [9.17, 15) is 4.79 Å². The number of hydrogen-bond acceptors (Lipinski definition) is 2. The lowest BCUT2D eigenvalue weighted by atomic mass is 10.1. The van der Waals surface area contributed by atoms with Crippen molar-refractivity contribution in [2.45, 2.75) is 6.42 Å². The Balaban J connectivity index is 2.00. The van der Waals surface area contributed by atoms with Gasteiger partial charge in [-0.05, 0) is 18.6 Å². The molecule has 4 heteroatoms. The van der Waals surface area contributed by atoms with Gasteiger partial charge in [0.05, 0.1) is 0 Å². The van der Waals surface area contributed by atoms with Gasteiger partial charge in [-0.1, -0.05) is 0 Å². The van der Waals surface area contributed by atoms with Crippen molar-refractivity contribution in [3.05, 3.63) is 24.0 Å². The summed E-state index contributed by atoms with van der Waals surface area (Å²) in [5.41, 5.74) is 0.628. The zero-order valence-electron chi connectivity index (χ0n) is 7.94. The molecule has 1 aliphatic heterocycles. The van der Waals surface area contributed by atoms with Gasteiger partial charge in [0.15, 0.2) is 0 Å². The van der Waals surface area contributed by atoms with Crippen LogP contribution in [-0.4, -0.2) is 40.6 Å². The number of rotatable bonds is 2. The Morgan fingerprint density at radius 3 is 3.14 bits per heavy atom. The molecule has 2 heterocycles. The van der Waals surface area contributed by atoms with Crippen LogP contribution >= 0.6 is 0 Å². The first-order chi connectivity index (χ1) is 6.81. The van der Waals surface area contributed by atoms with Crippen LogP contribution in [0.25, 0.3) is 0 Å². The maximum Gasteiger partial charge on any atom is 0.270 e. The van der Waals surface area contributed by atoms with Crippen LogP contribution in [0.4, 0.5) is 0 Å². The van der Waals surface area contributed by atoms with Crippen LogP contribution in [0.5, 0.6) is 0 Å². The maximum absolute atomic E-state index is 11.8. The van der Waals surface area contributed by atoms with Gasteiger partial charge >= 0.3 is 0 Å². The van der Waals surface area contributed by atoms with E-state index in [1.165, 1.54) is 0 Å². The highest BCUT2D eigenvalue weighted by Crippen LogP contribution is 2.17. The number of aromatic nitrogens is 1. The highest BCUT2D eigenvalue weighted by Gasteiger charge is 2.26. The molecular formula is C10H14N2O2. The first kappa shape index (κ1) is 9.27. The highest BCUT2D eigenvalue weighted by molar-refractivity contribution is 5.92. The average Bonchev–Trinajstić information content (AvgIpc) is 2.88. The molecule has 0 bridgehead atoms. The Morgan fingerprint density at radius 2 is 2.57 bits per heavy atom. The molecule has 2 rings (SSSR count). The van der Waals surface area contributed by atoms with E-state index in [0.717, 1.165) is 13.0 Å². The third kappa shape index (κ3) is 1.65. The minimum atomic E-state index is 0.0333. The molecule has 1 aromatic rings. The van der Waals surface area contributed by atoms with Gasteiger partial charge in [-0.3, -0.25) is 4.79 Å². The Morgan fingerprint density at radius 1 is 1.71 bits per heavy atom. The topological polar surface area (TPSA) is 56.3 Å². The van der Waals surface area contributed by atoms with E-state index in [4.69, 9.17) is 5.11 Å². The molecule has 1 aliphatic rings.